The van der Waals surface area contributed by atoms with Crippen LogP contribution in [-0.2, 0) is 21.1 Å². The van der Waals surface area contributed by atoms with Gasteiger partial charge in [0.2, 0.25) is 5.91 Å². The van der Waals surface area contributed by atoms with Crippen LogP contribution in [0.15, 0.2) is 53.4 Å². The van der Waals surface area contributed by atoms with Crippen molar-refractivity contribution in [3.63, 3.8) is 0 Å². The summed E-state index contributed by atoms with van der Waals surface area (Å²) in [5, 5.41) is 5.70. The van der Waals surface area contributed by atoms with E-state index >= 15 is 0 Å². The Bertz CT molecular complexity index is 886. The van der Waals surface area contributed by atoms with E-state index in [1.807, 2.05) is 31.2 Å². The van der Waals surface area contributed by atoms with E-state index < -0.39 is 9.84 Å². The number of rotatable bonds is 7. The average Bonchev–Trinajstić information content (AvgIpc) is 3.23. The van der Waals surface area contributed by atoms with Crippen LogP contribution in [-0.4, -0.2) is 26.1 Å². The van der Waals surface area contributed by atoms with Gasteiger partial charge in [-0.15, -0.1) is 0 Å². The highest BCUT2D eigenvalue weighted by Crippen LogP contribution is 2.30. The molecule has 2 aromatic rings. The number of benzene rings is 2. The Morgan fingerprint density at radius 1 is 1.04 bits per heavy atom. The molecule has 1 fully saturated rings. The maximum atomic E-state index is 12.6. The molecule has 2 N–H and O–H groups in total. The van der Waals surface area contributed by atoms with Crippen molar-refractivity contribution in [2.24, 2.45) is 0 Å². The third-order valence-corrected chi connectivity index (χ3v) is 7.33. The maximum Gasteiger partial charge on any atom is 0.243 e. The Kier molecular flexibility index (Phi) is 6.16. The molecule has 27 heavy (non-hydrogen) atoms. The number of nitrogens with one attached hydrogen (secondary N) is 2. The molecule has 0 aliphatic heterocycles. The van der Waals surface area contributed by atoms with E-state index in [1.165, 1.54) is 0 Å². The van der Waals surface area contributed by atoms with Crippen LogP contribution in [0.5, 0.6) is 0 Å². The van der Waals surface area contributed by atoms with Gasteiger partial charge in [0.1, 0.15) is 0 Å². The zero-order valence-electron chi connectivity index (χ0n) is 15.6. The normalized spacial score (nSPS) is 14.9. The summed E-state index contributed by atoms with van der Waals surface area (Å²) >= 11 is 0. The van der Waals surface area contributed by atoms with Crippen LogP contribution in [0.2, 0.25) is 0 Å². The number of carbonyl (C=O) groups is 1. The second kappa shape index (κ2) is 8.57. The predicted molar refractivity (Wildman–Crippen MR) is 109 cm³/mol. The number of hydrogen-bond donors (Lipinski definition) is 2. The van der Waals surface area contributed by atoms with Gasteiger partial charge in [0, 0.05) is 11.4 Å². The molecular formula is C21H26N2O3S. The summed E-state index contributed by atoms with van der Waals surface area (Å²) in [5.74, 6) is -0.140. The lowest BCUT2D eigenvalue weighted by Gasteiger charge is -2.13. The Morgan fingerprint density at radius 2 is 1.70 bits per heavy atom. The highest BCUT2D eigenvalue weighted by Gasteiger charge is 2.30. The monoisotopic (exact) mass is 386 g/mol. The minimum Gasteiger partial charge on any atom is -0.376 e. The molecule has 6 heteroatoms. The van der Waals surface area contributed by atoms with Crippen molar-refractivity contribution in [1.29, 1.82) is 0 Å². The first-order chi connectivity index (χ1) is 13.0. The van der Waals surface area contributed by atoms with Crippen molar-refractivity contribution >= 4 is 27.1 Å². The minimum absolute atomic E-state index is 0.118. The summed E-state index contributed by atoms with van der Waals surface area (Å²) < 4.78 is 25.2. The standard InChI is InChI=1S/C21H26N2O3S/c1-2-16-7-3-6-10-20(16)23-21(24)15-22-17-11-13-19(14-12-17)27(25,26)18-8-4-5-9-18/h3,6-7,10-14,18,22H,2,4-5,8-9,15H2,1H3,(H,23,24). The van der Waals surface area contributed by atoms with Gasteiger partial charge in [-0.05, 0) is 55.2 Å². The molecule has 1 amide bonds. The largest absolute Gasteiger partial charge is 0.376 e. The number of para-hydroxylation sites is 1. The van der Waals surface area contributed by atoms with E-state index in [2.05, 4.69) is 10.6 Å². The van der Waals surface area contributed by atoms with Crippen LogP contribution in [0.1, 0.15) is 38.2 Å². The first-order valence-electron chi connectivity index (χ1n) is 9.46. The maximum absolute atomic E-state index is 12.6. The fourth-order valence-electron chi connectivity index (χ4n) is 3.48. The van der Waals surface area contributed by atoms with Crippen LogP contribution in [0.25, 0.3) is 0 Å². The van der Waals surface area contributed by atoms with Crippen molar-refractivity contribution < 1.29 is 13.2 Å². The summed E-state index contributed by atoms with van der Waals surface area (Å²) in [6, 6.07) is 14.4. The van der Waals surface area contributed by atoms with E-state index in [-0.39, 0.29) is 17.7 Å². The zero-order valence-corrected chi connectivity index (χ0v) is 16.4. The van der Waals surface area contributed by atoms with Crippen LogP contribution in [0, 0.1) is 0 Å². The number of amides is 1. The Balaban J connectivity index is 1.58. The molecule has 5 nitrogen and oxygen atoms in total. The zero-order chi connectivity index (χ0) is 19.3. The van der Waals surface area contributed by atoms with Crippen molar-refractivity contribution in [3.8, 4) is 0 Å². The van der Waals surface area contributed by atoms with Crippen LogP contribution < -0.4 is 10.6 Å². The lowest BCUT2D eigenvalue weighted by Crippen LogP contribution is -2.22. The molecule has 144 valence electrons. The number of carbonyl (C=O) groups excluding carboxylic acids is 1. The Labute approximate surface area is 161 Å². The number of anilines is 2. The van der Waals surface area contributed by atoms with Gasteiger partial charge in [-0.2, -0.15) is 0 Å². The van der Waals surface area contributed by atoms with Gasteiger partial charge in [0.15, 0.2) is 9.84 Å². The molecule has 3 rings (SSSR count). The van der Waals surface area contributed by atoms with E-state index in [1.54, 1.807) is 24.3 Å². The first kappa shape index (κ1) is 19.4. The highest BCUT2D eigenvalue weighted by atomic mass is 32.2. The second-order valence-corrected chi connectivity index (χ2v) is 9.12. The SMILES string of the molecule is CCc1ccccc1NC(=O)CNc1ccc(S(=O)(=O)C2CCCC2)cc1. The quantitative estimate of drug-likeness (QED) is 0.754. The van der Waals surface area contributed by atoms with E-state index in [0.717, 1.165) is 49.0 Å². The van der Waals surface area contributed by atoms with E-state index in [4.69, 9.17) is 0 Å². The first-order valence-corrected chi connectivity index (χ1v) is 11.0. The van der Waals surface area contributed by atoms with Gasteiger partial charge in [-0.1, -0.05) is 38.0 Å². The highest BCUT2D eigenvalue weighted by molar-refractivity contribution is 7.92. The Morgan fingerprint density at radius 3 is 2.37 bits per heavy atom. The van der Waals surface area contributed by atoms with Crippen LogP contribution >= 0.6 is 0 Å². The van der Waals surface area contributed by atoms with Gasteiger partial charge >= 0.3 is 0 Å². The molecule has 0 saturated heterocycles. The molecule has 0 bridgehead atoms. The molecule has 1 saturated carbocycles. The summed E-state index contributed by atoms with van der Waals surface area (Å²) in [6.45, 7) is 2.16. The number of hydrogen-bond acceptors (Lipinski definition) is 4. The molecule has 0 unspecified atom stereocenters. The van der Waals surface area contributed by atoms with E-state index in [9.17, 15) is 13.2 Å². The summed E-state index contributed by atoms with van der Waals surface area (Å²) in [4.78, 5) is 12.5. The molecule has 0 aromatic heterocycles. The molecule has 1 aliphatic rings. The third kappa shape index (κ3) is 4.69. The fourth-order valence-corrected chi connectivity index (χ4v) is 5.34. The smallest absolute Gasteiger partial charge is 0.243 e. The van der Waals surface area contributed by atoms with Gasteiger partial charge in [-0.3, -0.25) is 4.79 Å². The molecular weight excluding hydrogens is 360 g/mol. The van der Waals surface area contributed by atoms with Gasteiger partial charge < -0.3 is 10.6 Å². The van der Waals surface area contributed by atoms with Gasteiger partial charge in [0.25, 0.3) is 0 Å². The van der Waals surface area contributed by atoms with Crippen molar-refractivity contribution in [2.75, 3.05) is 17.2 Å². The number of sulfone groups is 1. The molecule has 0 atom stereocenters. The van der Waals surface area contributed by atoms with Crippen molar-refractivity contribution in [3.05, 3.63) is 54.1 Å². The molecule has 0 heterocycles. The Hall–Kier alpha value is -2.34. The molecule has 0 radical (unpaired) electrons. The van der Waals surface area contributed by atoms with Gasteiger partial charge in [-0.25, -0.2) is 8.42 Å². The van der Waals surface area contributed by atoms with E-state index in [0.29, 0.717) is 4.90 Å². The van der Waals surface area contributed by atoms with Crippen molar-refractivity contribution in [1.82, 2.24) is 0 Å². The van der Waals surface area contributed by atoms with Crippen molar-refractivity contribution in [2.45, 2.75) is 49.2 Å². The minimum atomic E-state index is -3.24. The summed E-state index contributed by atoms with van der Waals surface area (Å²) in [6.07, 6.45) is 4.32. The summed E-state index contributed by atoms with van der Waals surface area (Å²) in [7, 11) is -3.24. The number of aryl methyl sites for hydroxylation is 1. The summed E-state index contributed by atoms with van der Waals surface area (Å²) in [5.41, 5.74) is 2.64. The lowest BCUT2D eigenvalue weighted by molar-refractivity contribution is -0.114. The topological polar surface area (TPSA) is 75.3 Å². The molecule has 1 aliphatic carbocycles. The third-order valence-electron chi connectivity index (χ3n) is 5.05. The average molecular weight is 387 g/mol. The van der Waals surface area contributed by atoms with Crippen LogP contribution in [0.4, 0.5) is 11.4 Å². The molecule has 0 spiro atoms. The van der Waals surface area contributed by atoms with Gasteiger partial charge in [0.05, 0.1) is 16.7 Å². The van der Waals surface area contributed by atoms with Crippen LogP contribution in [0.3, 0.4) is 0 Å². The fraction of sp³-hybridized carbons (Fsp3) is 0.381. The second-order valence-electron chi connectivity index (χ2n) is 6.89. The predicted octanol–water partition coefficient (Wildman–Crippen LogP) is 4.02. The lowest BCUT2D eigenvalue weighted by atomic mass is 10.1. The molecule has 2 aromatic carbocycles.